The number of hydrogen-bond acceptors (Lipinski definition) is 4. The van der Waals surface area contributed by atoms with E-state index in [1.54, 1.807) is 11.8 Å². The molecule has 0 saturated heterocycles. The number of nitrogens with zero attached hydrogens (tertiary/aromatic N) is 2. The third-order valence-corrected chi connectivity index (χ3v) is 7.30. The van der Waals surface area contributed by atoms with Gasteiger partial charge in [-0.25, -0.2) is 0 Å². The molecular formula is C29H27BrN2O3. The molecule has 35 heavy (non-hydrogen) atoms. The molecule has 2 unspecified atom stereocenters. The average molecular weight is 531 g/mol. The SMILES string of the molecule is CC(=O)N1c2ccccc2N=C2CC(C)(C)CC(=O)C2C1c1ccc(Oc2ccccc2Br)cc1. The number of aliphatic imine (C=N–C) groups is 1. The zero-order chi connectivity index (χ0) is 24.7. The highest BCUT2D eigenvalue weighted by molar-refractivity contribution is 9.10. The number of Topliss-reactive ketones (excluding diaryl/α,β-unsaturated/α-hetero) is 1. The molecule has 1 amide bonds. The number of carbonyl (C=O) groups is 2. The van der Waals surface area contributed by atoms with Crippen molar-refractivity contribution in [3.8, 4) is 11.5 Å². The molecular weight excluding hydrogens is 504 g/mol. The van der Waals surface area contributed by atoms with Crippen LogP contribution in [0.2, 0.25) is 0 Å². The van der Waals surface area contributed by atoms with Gasteiger partial charge in [-0.2, -0.15) is 0 Å². The lowest BCUT2D eigenvalue weighted by Crippen LogP contribution is -2.46. The first kappa shape index (κ1) is 23.5. The van der Waals surface area contributed by atoms with Gasteiger partial charge >= 0.3 is 0 Å². The highest BCUT2D eigenvalue weighted by Gasteiger charge is 2.47. The number of benzene rings is 3. The minimum Gasteiger partial charge on any atom is -0.456 e. The fraction of sp³-hybridized carbons (Fsp3) is 0.276. The zero-order valence-corrected chi connectivity index (χ0v) is 21.6. The van der Waals surface area contributed by atoms with Gasteiger partial charge in [0.2, 0.25) is 5.91 Å². The van der Waals surface area contributed by atoms with Crippen LogP contribution in [0.25, 0.3) is 0 Å². The Morgan fingerprint density at radius 1 is 1.00 bits per heavy atom. The molecule has 3 aromatic carbocycles. The topological polar surface area (TPSA) is 59.0 Å². The van der Waals surface area contributed by atoms with Gasteiger partial charge in [0.05, 0.1) is 27.8 Å². The molecule has 0 aromatic heterocycles. The molecule has 1 fully saturated rings. The van der Waals surface area contributed by atoms with E-state index in [0.29, 0.717) is 24.3 Å². The van der Waals surface area contributed by atoms with Gasteiger partial charge < -0.3 is 9.64 Å². The molecule has 3 aromatic rings. The fourth-order valence-corrected chi connectivity index (χ4v) is 5.57. The summed E-state index contributed by atoms with van der Waals surface area (Å²) in [7, 11) is 0. The summed E-state index contributed by atoms with van der Waals surface area (Å²) in [5.74, 6) is 0.902. The lowest BCUT2D eigenvalue weighted by Gasteiger charge is -2.40. The summed E-state index contributed by atoms with van der Waals surface area (Å²) in [6.45, 7) is 5.76. The van der Waals surface area contributed by atoms with E-state index in [-0.39, 0.29) is 17.1 Å². The normalized spacial score (nSPS) is 20.9. The summed E-state index contributed by atoms with van der Waals surface area (Å²) < 4.78 is 6.91. The number of amides is 1. The number of ketones is 1. The predicted molar refractivity (Wildman–Crippen MR) is 142 cm³/mol. The van der Waals surface area contributed by atoms with Gasteiger partial charge in [0, 0.05) is 19.1 Å². The number of ether oxygens (including phenoxy) is 1. The van der Waals surface area contributed by atoms with E-state index < -0.39 is 12.0 Å². The highest BCUT2D eigenvalue weighted by Crippen LogP contribution is 2.48. The van der Waals surface area contributed by atoms with Gasteiger partial charge in [-0.05, 0) is 69.7 Å². The first-order valence-electron chi connectivity index (χ1n) is 11.7. The van der Waals surface area contributed by atoms with Crippen LogP contribution in [0.1, 0.15) is 45.2 Å². The van der Waals surface area contributed by atoms with Crippen LogP contribution in [0.15, 0.2) is 82.3 Å². The van der Waals surface area contributed by atoms with Crippen LogP contribution < -0.4 is 9.64 Å². The smallest absolute Gasteiger partial charge is 0.224 e. The van der Waals surface area contributed by atoms with Crippen LogP contribution in [-0.4, -0.2) is 17.4 Å². The van der Waals surface area contributed by atoms with Crippen molar-refractivity contribution in [2.24, 2.45) is 16.3 Å². The molecule has 1 heterocycles. The maximum absolute atomic E-state index is 13.6. The number of halogens is 1. The van der Waals surface area contributed by atoms with Gasteiger partial charge in [-0.1, -0.05) is 50.2 Å². The Labute approximate surface area is 214 Å². The van der Waals surface area contributed by atoms with E-state index in [9.17, 15) is 9.59 Å². The van der Waals surface area contributed by atoms with E-state index in [1.165, 1.54) is 0 Å². The second kappa shape index (κ2) is 9.08. The van der Waals surface area contributed by atoms with E-state index in [1.807, 2.05) is 72.8 Å². The number of fused-ring (bicyclic) bond motifs is 2. The lowest BCUT2D eigenvalue weighted by atomic mass is 9.68. The van der Waals surface area contributed by atoms with Crippen molar-refractivity contribution in [2.75, 3.05) is 4.90 Å². The summed E-state index contributed by atoms with van der Waals surface area (Å²) in [6.07, 6.45) is 1.17. The number of hydrogen-bond donors (Lipinski definition) is 0. The first-order valence-corrected chi connectivity index (χ1v) is 12.5. The molecule has 178 valence electrons. The molecule has 5 rings (SSSR count). The van der Waals surface area contributed by atoms with Gasteiger partial charge in [-0.3, -0.25) is 14.6 Å². The molecule has 0 N–H and O–H groups in total. The van der Waals surface area contributed by atoms with Crippen LogP contribution in [-0.2, 0) is 9.59 Å². The van der Waals surface area contributed by atoms with Gasteiger partial charge in [-0.15, -0.1) is 0 Å². The van der Waals surface area contributed by atoms with Gasteiger partial charge in [0.15, 0.2) is 0 Å². The van der Waals surface area contributed by atoms with Crippen molar-refractivity contribution in [3.63, 3.8) is 0 Å². The van der Waals surface area contributed by atoms with Crippen molar-refractivity contribution in [1.82, 2.24) is 0 Å². The molecule has 2 aliphatic rings. The maximum Gasteiger partial charge on any atom is 0.224 e. The van der Waals surface area contributed by atoms with Crippen LogP contribution in [0.5, 0.6) is 11.5 Å². The largest absolute Gasteiger partial charge is 0.456 e. The highest BCUT2D eigenvalue weighted by atomic mass is 79.9. The van der Waals surface area contributed by atoms with Crippen LogP contribution in [0.4, 0.5) is 11.4 Å². The van der Waals surface area contributed by atoms with Crippen molar-refractivity contribution < 1.29 is 14.3 Å². The van der Waals surface area contributed by atoms with Crippen molar-refractivity contribution in [2.45, 2.75) is 39.7 Å². The minimum atomic E-state index is -0.491. The Morgan fingerprint density at radius 3 is 2.40 bits per heavy atom. The molecule has 5 nitrogen and oxygen atoms in total. The number of rotatable bonds is 3. The Kier molecular flexibility index (Phi) is 6.09. The molecule has 0 radical (unpaired) electrons. The van der Waals surface area contributed by atoms with Gasteiger partial charge in [0.25, 0.3) is 0 Å². The predicted octanol–water partition coefficient (Wildman–Crippen LogP) is 7.43. The summed E-state index contributed by atoms with van der Waals surface area (Å²) in [6, 6.07) is 22.5. The fourth-order valence-electron chi connectivity index (χ4n) is 5.21. The van der Waals surface area contributed by atoms with Crippen molar-refractivity contribution in [1.29, 1.82) is 0 Å². The maximum atomic E-state index is 13.6. The van der Waals surface area contributed by atoms with E-state index in [0.717, 1.165) is 27.1 Å². The zero-order valence-electron chi connectivity index (χ0n) is 20.0. The van der Waals surface area contributed by atoms with Crippen molar-refractivity contribution >= 4 is 44.7 Å². The molecule has 1 saturated carbocycles. The van der Waals surface area contributed by atoms with Gasteiger partial charge in [0.1, 0.15) is 17.3 Å². The lowest BCUT2D eigenvalue weighted by molar-refractivity contribution is -0.124. The number of carbonyl (C=O) groups excluding carboxylic acids is 2. The summed E-state index contributed by atoms with van der Waals surface area (Å²) in [5.41, 5.74) is 3.01. The average Bonchev–Trinajstić information content (AvgIpc) is 2.94. The summed E-state index contributed by atoms with van der Waals surface area (Å²) >= 11 is 3.51. The minimum absolute atomic E-state index is 0.120. The second-order valence-electron chi connectivity index (χ2n) is 9.99. The number of para-hydroxylation sites is 3. The summed E-state index contributed by atoms with van der Waals surface area (Å²) in [5, 5.41) is 0. The Hall–Kier alpha value is -3.25. The van der Waals surface area contributed by atoms with E-state index in [4.69, 9.17) is 9.73 Å². The standard InChI is InChI=1S/C29H27BrN2O3/c1-18(33)32-24-10-6-5-9-22(24)31-23-16-29(2,3)17-25(34)27(23)28(32)19-12-14-20(15-13-19)35-26-11-7-4-8-21(26)30/h4-15,27-28H,16-17H2,1-3H3. The second-order valence-corrected chi connectivity index (χ2v) is 10.8. The summed E-state index contributed by atoms with van der Waals surface area (Å²) in [4.78, 5) is 33.4. The first-order chi connectivity index (χ1) is 16.7. The Morgan fingerprint density at radius 2 is 1.69 bits per heavy atom. The van der Waals surface area contributed by atoms with Crippen molar-refractivity contribution in [3.05, 3.63) is 82.8 Å². The van der Waals surface area contributed by atoms with Crippen LogP contribution in [0.3, 0.4) is 0 Å². The van der Waals surface area contributed by atoms with Crippen LogP contribution in [0, 0.1) is 11.3 Å². The van der Waals surface area contributed by atoms with Crippen LogP contribution >= 0.6 is 15.9 Å². The molecule has 6 heteroatoms. The Balaban J connectivity index is 1.60. The van der Waals surface area contributed by atoms with E-state index in [2.05, 4.69) is 29.8 Å². The molecule has 0 spiro atoms. The molecule has 1 aliphatic heterocycles. The monoisotopic (exact) mass is 530 g/mol. The number of anilines is 1. The Bertz CT molecular complexity index is 1330. The quantitative estimate of drug-likeness (QED) is 0.353. The third-order valence-electron chi connectivity index (χ3n) is 6.64. The molecule has 0 bridgehead atoms. The third kappa shape index (κ3) is 4.55. The van der Waals surface area contributed by atoms with E-state index >= 15 is 0 Å². The molecule has 1 aliphatic carbocycles. The molecule has 2 atom stereocenters.